The highest BCUT2D eigenvalue weighted by Crippen LogP contribution is 2.30. The monoisotopic (exact) mass is 424 g/mol. The molecule has 0 aliphatic carbocycles. The van der Waals surface area contributed by atoms with Crippen molar-refractivity contribution in [2.24, 2.45) is 25.2 Å². The number of amides is 1. The van der Waals surface area contributed by atoms with Gasteiger partial charge >= 0.3 is 0 Å². The molecule has 7 nitrogen and oxygen atoms in total. The van der Waals surface area contributed by atoms with Crippen molar-refractivity contribution in [3.05, 3.63) is 70.9 Å². The maximum atomic E-state index is 12.0. The van der Waals surface area contributed by atoms with Gasteiger partial charge in [0.1, 0.15) is 18.2 Å². The maximum absolute atomic E-state index is 12.0. The standard InChI is InChI=1S/C25H24N6O/c1-3-6-22-21(25-29-23(32)14-31(25)16(2)28-22)13-17-9-11-18(12-10-17)19-7-4-5-8-20(19)24-26-15-27-30-24/h4-5,7-12H,3,6,13-15H2,1-2H3. The third-order valence-corrected chi connectivity index (χ3v) is 5.84. The van der Waals surface area contributed by atoms with Gasteiger partial charge in [-0.2, -0.15) is 10.1 Å². The third kappa shape index (κ3) is 3.70. The minimum Gasteiger partial charge on any atom is -0.305 e. The molecule has 32 heavy (non-hydrogen) atoms. The molecular weight excluding hydrogens is 400 g/mol. The summed E-state index contributed by atoms with van der Waals surface area (Å²) in [6, 6.07) is 16.6. The van der Waals surface area contributed by atoms with Gasteiger partial charge in [-0.3, -0.25) is 4.79 Å². The van der Waals surface area contributed by atoms with Crippen LogP contribution in [0.4, 0.5) is 0 Å². The maximum Gasteiger partial charge on any atom is 0.267 e. The number of fused-ring (bicyclic) bond motifs is 1. The Labute approximate surface area is 187 Å². The molecule has 0 saturated carbocycles. The van der Waals surface area contributed by atoms with Gasteiger partial charge in [0.2, 0.25) is 0 Å². The van der Waals surface area contributed by atoms with Crippen LogP contribution in [0.5, 0.6) is 0 Å². The number of azo groups is 1. The molecule has 7 heteroatoms. The Kier molecular flexibility index (Phi) is 5.31. The summed E-state index contributed by atoms with van der Waals surface area (Å²) in [6.07, 6.45) is 2.56. The lowest BCUT2D eigenvalue weighted by atomic mass is 9.95. The van der Waals surface area contributed by atoms with Gasteiger partial charge in [-0.25, -0.2) is 9.98 Å². The zero-order valence-electron chi connectivity index (χ0n) is 18.2. The Morgan fingerprint density at radius 2 is 1.78 bits per heavy atom. The number of carbonyl (C=O) groups excluding carboxylic acids is 1. The van der Waals surface area contributed by atoms with Crippen molar-refractivity contribution in [2.45, 2.75) is 33.1 Å². The molecule has 160 valence electrons. The fourth-order valence-corrected chi connectivity index (χ4v) is 4.30. The first kappa shape index (κ1) is 20.2. The lowest BCUT2D eigenvalue weighted by molar-refractivity contribution is -0.116. The Morgan fingerprint density at radius 1 is 1.00 bits per heavy atom. The highest BCUT2D eigenvalue weighted by Gasteiger charge is 2.32. The van der Waals surface area contributed by atoms with Gasteiger partial charge in [-0.15, -0.1) is 5.11 Å². The number of rotatable bonds is 6. The summed E-state index contributed by atoms with van der Waals surface area (Å²) < 4.78 is 0. The third-order valence-electron chi connectivity index (χ3n) is 5.84. The van der Waals surface area contributed by atoms with Crippen molar-refractivity contribution < 1.29 is 4.79 Å². The SMILES string of the molecule is CCCC1=C(Cc2ccc(-c3ccccc3C3=NCN=N3)cc2)C2=NC(=O)CN2C(C)=N1. The lowest BCUT2D eigenvalue weighted by Gasteiger charge is -2.27. The Morgan fingerprint density at radius 3 is 2.50 bits per heavy atom. The number of amidine groups is 3. The summed E-state index contributed by atoms with van der Waals surface area (Å²) in [5.74, 6) is 2.19. The first-order valence-electron chi connectivity index (χ1n) is 10.9. The van der Waals surface area contributed by atoms with Crippen molar-refractivity contribution in [1.82, 2.24) is 4.90 Å². The topological polar surface area (TPSA) is 82.1 Å². The zero-order valence-corrected chi connectivity index (χ0v) is 18.2. The molecule has 2 aromatic rings. The van der Waals surface area contributed by atoms with Crippen molar-refractivity contribution in [3.63, 3.8) is 0 Å². The van der Waals surface area contributed by atoms with Gasteiger partial charge in [0, 0.05) is 23.3 Å². The van der Waals surface area contributed by atoms with E-state index in [1.165, 1.54) is 0 Å². The van der Waals surface area contributed by atoms with E-state index in [4.69, 9.17) is 4.99 Å². The Hall–Kier alpha value is -3.74. The molecule has 0 aromatic heterocycles. The number of hydrogen-bond donors (Lipinski definition) is 0. The summed E-state index contributed by atoms with van der Waals surface area (Å²) in [7, 11) is 0. The predicted octanol–water partition coefficient (Wildman–Crippen LogP) is 4.79. The highest BCUT2D eigenvalue weighted by atomic mass is 16.2. The number of aliphatic imine (C=N–C) groups is 3. The van der Waals surface area contributed by atoms with E-state index in [1.54, 1.807) is 0 Å². The van der Waals surface area contributed by atoms with Crippen molar-refractivity contribution in [3.8, 4) is 11.1 Å². The molecule has 0 saturated heterocycles. The van der Waals surface area contributed by atoms with Crippen LogP contribution in [0.2, 0.25) is 0 Å². The van der Waals surface area contributed by atoms with Crippen LogP contribution < -0.4 is 0 Å². The Balaban J connectivity index is 1.46. The van der Waals surface area contributed by atoms with Gasteiger partial charge < -0.3 is 4.90 Å². The van der Waals surface area contributed by atoms with Gasteiger partial charge in [0.05, 0.1) is 0 Å². The fraction of sp³-hybridized carbons (Fsp3) is 0.280. The van der Waals surface area contributed by atoms with Crippen LogP contribution in [0.25, 0.3) is 11.1 Å². The first-order chi connectivity index (χ1) is 15.6. The van der Waals surface area contributed by atoms with Gasteiger partial charge in [-0.1, -0.05) is 61.9 Å². The number of benzene rings is 2. The van der Waals surface area contributed by atoms with Gasteiger partial charge in [0.25, 0.3) is 5.91 Å². The second-order valence-corrected chi connectivity index (χ2v) is 8.03. The fourth-order valence-electron chi connectivity index (χ4n) is 4.30. The predicted molar refractivity (Wildman–Crippen MR) is 126 cm³/mol. The van der Waals surface area contributed by atoms with Crippen molar-refractivity contribution >= 4 is 23.4 Å². The van der Waals surface area contributed by atoms with E-state index in [1.807, 2.05) is 30.0 Å². The molecule has 3 aliphatic heterocycles. The summed E-state index contributed by atoms with van der Waals surface area (Å²) in [6.45, 7) is 4.76. The summed E-state index contributed by atoms with van der Waals surface area (Å²) in [5, 5.41) is 8.15. The van der Waals surface area contributed by atoms with E-state index >= 15 is 0 Å². The lowest BCUT2D eigenvalue weighted by Crippen LogP contribution is -2.37. The van der Waals surface area contributed by atoms with Crippen LogP contribution in [-0.4, -0.2) is 41.5 Å². The molecule has 5 rings (SSSR count). The Bertz CT molecular complexity index is 1230. The van der Waals surface area contributed by atoms with Crippen LogP contribution in [0.15, 0.2) is 85.0 Å². The van der Waals surface area contributed by atoms with E-state index in [2.05, 4.69) is 57.5 Å². The molecule has 3 heterocycles. The molecule has 0 radical (unpaired) electrons. The number of nitrogens with zero attached hydrogens (tertiary/aromatic N) is 6. The second-order valence-electron chi connectivity index (χ2n) is 8.03. The normalized spacial score (nSPS) is 17.5. The van der Waals surface area contributed by atoms with Crippen molar-refractivity contribution in [1.29, 1.82) is 0 Å². The van der Waals surface area contributed by atoms with E-state index in [9.17, 15) is 4.79 Å². The molecule has 0 atom stereocenters. The van der Waals surface area contributed by atoms with Gasteiger partial charge in [0.15, 0.2) is 12.5 Å². The van der Waals surface area contributed by atoms with Crippen LogP contribution in [0.3, 0.4) is 0 Å². The minimum absolute atomic E-state index is 0.108. The van der Waals surface area contributed by atoms with E-state index in [0.717, 1.165) is 58.0 Å². The van der Waals surface area contributed by atoms with E-state index < -0.39 is 0 Å². The minimum atomic E-state index is -0.108. The number of carbonyl (C=O) groups is 1. The summed E-state index contributed by atoms with van der Waals surface area (Å²) in [5.41, 5.74) is 6.42. The average molecular weight is 425 g/mol. The molecule has 0 bridgehead atoms. The number of allylic oxidation sites excluding steroid dienone is 1. The summed E-state index contributed by atoms with van der Waals surface area (Å²) in [4.78, 5) is 27.5. The molecular formula is C25H24N6O. The van der Waals surface area contributed by atoms with E-state index in [-0.39, 0.29) is 12.5 Å². The molecule has 0 N–H and O–H groups in total. The molecule has 3 aliphatic rings. The highest BCUT2D eigenvalue weighted by molar-refractivity contribution is 6.19. The quantitative estimate of drug-likeness (QED) is 0.668. The first-order valence-corrected chi connectivity index (χ1v) is 10.9. The van der Waals surface area contributed by atoms with Crippen LogP contribution in [0, 0.1) is 0 Å². The molecule has 0 fully saturated rings. The van der Waals surface area contributed by atoms with Crippen LogP contribution in [-0.2, 0) is 11.2 Å². The van der Waals surface area contributed by atoms with Crippen molar-refractivity contribution in [2.75, 3.05) is 13.2 Å². The zero-order chi connectivity index (χ0) is 22.1. The van der Waals surface area contributed by atoms with Crippen LogP contribution >= 0.6 is 0 Å². The average Bonchev–Trinajstić information content (AvgIpc) is 3.47. The largest absolute Gasteiger partial charge is 0.305 e. The summed E-state index contributed by atoms with van der Waals surface area (Å²) >= 11 is 0. The smallest absolute Gasteiger partial charge is 0.267 e. The van der Waals surface area contributed by atoms with E-state index in [0.29, 0.717) is 18.9 Å². The molecule has 0 spiro atoms. The number of hydrogen-bond acceptors (Lipinski definition) is 6. The van der Waals surface area contributed by atoms with Gasteiger partial charge in [-0.05, 0) is 30.0 Å². The molecule has 0 unspecified atom stereocenters. The molecule has 1 amide bonds. The second kappa shape index (κ2) is 8.42. The molecule has 2 aromatic carbocycles. The van der Waals surface area contributed by atoms with Crippen LogP contribution in [0.1, 0.15) is 37.8 Å².